The summed E-state index contributed by atoms with van der Waals surface area (Å²) in [6, 6.07) is 17.3. The van der Waals surface area contributed by atoms with E-state index < -0.39 is 0 Å². The lowest BCUT2D eigenvalue weighted by Gasteiger charge is -2.37. The predicted octanol–water partition coefficient (Wildman–Crippen LogP) is 3.88. The van der Waals surface area contributed by atoms with Gasteiger partial charge in [-0.1, -0.05) is 18.2 Å². The summed E-state index contributed by atoms with van der Waals surface area (Å²) in [5, 5.41) is 0. The molecule has 26 heavy (non-hydrogen) atoms. The van der Waals surface area contributed by atoms with Crippen LogP contribution in [0, 0.1) is 5.82 Å². The van der Waals surface area contributed by atoms with Gasteiger partial charge in [-0.05, 0) is 48.0 Å². The number of nitrogens with zero attached hydrogens (tertiary/aromatic N) is 2. The summed E-state index contributed by atoms with van der Waals surface area (Å²) < 4.78 is 20.8. The normalized spacial score (nSPS) is 16.2. The molecule has 1 aliphatic heterocycles. The van der Waals surface area contributed by atoms with Crippen molar-refractivity contribution in [2.24, 2.45) is 0 Å². The van der Waals surface area contributed by atoms with Gasteiger partial charge in [0.15, 0.2) is 0 Å². The van der Waals surface area contributed by atoms with Crippen molar-refractivity contribution in [3.05, 3.63) is 89.5 Å². The van der Waals surface area contributed by atoms with Gasteiger partial charge in [-0.15, -0.1) is 0 Å². The van der Waals surface area contributed by atoms with E-state index in [1.165, 1.54) is 12.1 Å². The van der Waals surface area contributed by atoms with Crippen LogP contribution in [0.5, 0.6) is 5.75 Å². The van der Waals surface area contributed by atoms with E-state index in [1.807, 2.05) is 35.4 Å². The zero-order valence-electron chi connectivity index (χ0n) is 14.4. The van der Waals surface area contributed by atoms with Gasteiger partial charge < -0.3 is 14.2 Å². The van der Waals surface area contributed by atoms with Gasteiger partial charge in [0.2, 0.25) is 0 Å². The summed E-state index contributed by atoms with van der Waals surface area (Å²) in [6.45, 7) is 1.31. The minimum atomic E-state index is -0.286. The SMILES string of the molecule is COc1cccc(C(=O)N2CCn3cccc3C2c2ccc(F)cc2)c1. The predicted molar refractivity (Wildman–Crippen MR) is 96.7 cm³/mol. The summed E-state index contributed by atoms with van der Waals surface area (Å²) in [5.74, 6) is 0.297. The van der Waals surface area contributed by atoms with Gasteiger partial charge in [-0.3, -0.25) is 4.79 Å². The van der Waals surface area contributed by atoms with E-state index in [-0.39, 0.29) is 17.8 Å². The number of amides is 1. The Hall–Kier alpha value is -3.08. The summed E-state index contributed by atoms with van der Waals surface area (Å²) in [6.07, 6.45) is 2.01. The number of rotatable bonds is 3. The quantitative estimate of drug-likeness (QED) is 0.718. The van der Waals surface area contributed by atoms with Crippen molar-refractivity contribution in [3.63, 3.8) is 0 Å². The molecule has 0 saturated carbocycles. The van der Waals surface area contributed by atoms with Crippen LogP contribution >= 0.6 is 0 Å². The van der Waals surface area contributed by atoms with Crippen LogP contribution in [-0.4, -0.2) is 29.0 Å². The van der Waals surface area contributed by atoms with Gasteiger partial charge >= 0.3 is 0 Å². The highest BCUT2D eigenvalue weighted by Crippen LogP contribution is 2.33. The number of fused-ring (bicyclic) bond motifs is 1. The second kappa shape index (κ2) is 6.67. The number of carbonyl (C=O) groups excluding carboxylic acids is 1. The maximum absolute atomic E-state index is 13.4. The molecule has 0 N–H and O–H groups in total. The number of aromatic nitrogens is 1. The summed E-state index contributed by atoms with van der Waals surface area (Å²) in [5.41, 5.74) is 2.50. The van der Waals surface area contributed by atoms with E-state index in [2.05, 4.69) is 4.57 Å². The molecular weight excluding hydrogens is 331 g/mol. The molecule has 132 valence electrons. The maximum Gasteiger partial charge on any atom is 0.254 e. The first-order valence-corrected chi connectivity index (χ1v) is 8.53. The highest BCUT2D eigenvalue weighted by molar-refractivity contribution is 5.95. The maximum atomic E-state index is 13.4. The Bertz CT molecular complexity index is 933. The lowest BCUT2D eigenvalue weighted by atomic mass is 9.98. The zero-order valence-corrected chi connectivity index (χ0v) is 14.4. The third-order valence-electron chi connectivity index (χ3n) is 4.80. The molecule has 0 fully saturated rings. The zero-order chi connectivity index (χ0) is 18.1. The van der Waals surface area contributed by atoms with Gasteiger partial charge in [0.25, 0.3) is 5.91 Å². The minimum Gasteiger partial charge on any atom is -0.497 e. The second-order valence-corrected chi connectivity index (χ2v) is 6.31. The van der Waals surface area contributed by atoms with Gasteiger partial charge in [-0.25, -0.2) is 4.39 Å². The molecule has 1 atom stereocenters. The van der Waals surface area contributed by atoms with Crippen molar-refractivity contribution in [2.45, 2.75) is 12.6 Å². The number of benzene rings is 2. The van der Waals surface area contributed by atoms with E-state index >= 15 is 0 Å². The van der Waals surface area contributed by atoms with E-state index in [0.717, 1.165) is 17.8 Å². The summed E-state index contributed by atoms with van der Waals surface area (Å²) in [4.78, 5) is 15.1. The van der Waals surface area contributed by atoms with Crippen LogP contribution in [0.4, 0.5) is 4.39 Å². The second-order valence-electron chi connectivity index (χ2n) is 6.31. The molecule has 0 saturated heterocycles. The third-order valence-corrected chi connectivity index (χ3v) is 4.80. The lowest BCUT2D eigenvalue weighted by Crippen LogP contribution is -2.42. The van der Waals surface area contributed by atoms with E-state index in [1.54, 1.807) is 31.4 Å². The van der Waals surface area contributed by atoms with E-state index in [9.17, 15) is 9.18 Å². The summed E-state index contributed by atoms with van der Waals surface area (Å²) in [7, 11) is 1.58. The number of hydrogen-bond donors (Lipinski definition) is 0. The number of methoxy groups -OCH3 is 1. The van der Waals surface area contributed by atoms with Crippen LogP contribution in [0.15, 0.2) is 66.9 Å². The Morgan fingerprint density at radius 3 is 2.65 bits per heavy atom. The fourth-order valence-corrected chi connectivity index (χ4v) is 3.52. The van der Waals surface area contributed by atoms with E-state index in [0.29, 0.717) is 17.9 Å². The van der Waals surface area contributed by atoms with Gasteiger partial charge in [0, 0.05) is 30.5 Å². The van der Waals surface area contributed by atoms with Gasteiger partial charge in [0.1, 0.15) is 11.6 Å². The number of halogens is 1. The average Bonchev–Trinajstić information content (AvgIpc) is 3.16. The van der Waals surface area contributed by atoms with Crippen molar-refractivity contribution in [1.29, 1.82) is 0 Å². The molecule has 0 spiro atoms. The molecule has 0 bridgehead atoms. The first-order chi connectivity index (χ1) is 12.7. The van der Waals surface area contributed by atoms with Gasteiger partial charge in [-0.2, -0.15) is 0 Å². The molecule has 0 radical (unpaired) electrons. The van der Waals surface area contributed by atoms with Crippen molar-refractivity contribution >= 4 is 5.91 Å². The molecule has 1 amide bonds. The molecule has 1 unspecified atom stereocenters. The fourth-order valence-electron chi connectivity index (χ4n) is 3.52. The average molecular weight is 350 g/mol. The molecular formula is C21H19FN2O2. The largest absolute Gasteiger partial charge is 0.497 e. The smallest absolute Gasteiger partial charge is 0.254 e. The highest BCUT2D eigenvalue weighted by Gasteiger charge is 2.32. The molecule has 2 heterocycles. The van der Waals surface area contributed by atoms with Crippen LogP contribution in [0.2, 0.25) is 0 Å². The molecule has 1 aromatic heterocycles. The molecule has 3 aromatic rings. The summed E-state index contributed by atoms with van der Waals surface area (Å²) >= 11 is 0. The molecule has 1 aliphatic rings. The van der Waals surface area contributed by atoms with Crippen molar-refractivity contribution in [3.8, 4) is 5.75 Å². The van der Waals surface area contributed by atoms with Crippen molar-refractivity contribution in [1.82, 2.24) is 9.47 Å². The minimum absolute atomic E-state index is 0.0642. The monoisotopic (exact) mass is 350 g/mol. The fraction of sp³-hybridized carbons (Fsp3) is 0.190. The number of ether oxygens (including phenoxy) is 1. The third kappa shape index (κ3) is 2.86. The first kappa shape index (κ1) is 16.4. The molecule has 0 aliphatic carbocycles. The Balaban J connectivity index is 1.76. The molecule has 5 heteroatoms. The standard InChI is InChI=1S/C21H19FN2O2/c1-26-18-5-2-4-16(14-18)21(25)24-13-12-23-11-3-6-19(23)20(24)15-7-9-17(22)10-8-15/h2-11,14,20H,12-13H2,1H3. The van der Waals surface area contributed by atoms with Crippen LogP contribution in [0.3, 0.4) is 0 Å². The van der Waals surface area contributed by atoms with Crippen LogP contribution in [0.25, 0.3) is 0 Å². The molecule has 4 nitrogen and oxygen atoms in total. The Morgan fingerprint density at radius 1 is 1.08 bits per heavy atom. The van der Waals surface area contributed by atoms with Gasteiger partial charge in [0.05, 0.1) is 13.2 Å². The van der Waals surface area contributed by atoms with E-state index in [4.69, 9.17) is 4.74 Å². The Labute approximate surface area is 151 Å². The number of carbonyl (C=O) groups is 1. The lowest BCUT2D eigenvalue weighted by molar-refractivity contribution is 0.0663. The van der Waals surface area contributed by atoms with Crippen LogP contribution < -0.4 is 4.74 Å². The topological polar surface area (TPSA) is 34.5 Å². The van der Waals surface area contributed by atoms with Crippen LogP contribution in [-0.2, 0) is 6.54 Å². The number of hydrogen-bond acceptors (Lipinski definition) is 2. The van der Waals surface area contributed by atoms with Crippen LogP contribution in [0.1, 0.15) is 27.7 Å². The first-order valence-electron chi connectivity index (χ1n) is 8.53. The molecule has 2 aromatic carbocycles. The van der Waals surface area contributed by atoms with Crippen molar-refractivity contribution in [2.75, 3.05) is 13.7 Å². The Kier molecular flexibility index (Phi) is 4.21. The molecule has 4 rings (SSSR count). The Morgan fingerprint density at radius 2 is 1.88 bits per heavy atom. The van der Waals surface area contributed by atoms with Crippen molar-refractivity contribution < 1.29 is 13.9 Å². The highest BCUT2D eigenvalue weighted by atomic mass is 19.1.